The van der Waals surface area contributed by atoms with Crippen LogP contribution in [0.15, 0.2) is 6.20 Å². The minimum atomic E-state index is -1.10. The van der Waals surface area contributed by atoms with Gasteiger partial charge in [0.05, 0.1) is 18.9 Å². The quantitative estimate of drug-likeness (QED) is 0.495. The molecule has 0 saturated carbocycles. The van der Waals surface area contributed by atoms with Crippen LogP contribution in [0.2, 0.25) is 0 Å². The molecule has 0 saturated heterocycles. The maximum atomic E-state index is 11.2. The fourth-order valence-electron chi connectivity index (χ4n) is 1.32. The molecule has 0 aliphatic heterocycles. The van der Waals surface area contributed by atoms with E-state index in [0.29, 0.717) is 11.3 Å². The molecule has 0 aromatic carbocycles. The number of pyridine rings is 1. The molecule has 7 nitrogen and oxygen atoms in total. The molecule has 18 heavy (non-hydrogen) atoms. The number of aryl methyl sites for hydroxylation is 1. The average molecular weight is 256 g/mol. The van der Waals surface area contributed by atoms with Gasteiger partial charge in [0.15, 0.2) is 0 Å². The number of rotatable bonds is 5. The molecule has 100 valence electrons. The number of nitrogens with two attached hydrogens (primary N) is 1. The highest BCUT2D eigenvalue weighted by atomic mass is 16.5. The Kier molecular flexibility index (Phi) is 5.02. The summed E-state index contributed by atoms with van der Waals surface area (Å²) < 4.78 is 4.83. The van der Waals surface area contributed by atoms with Gasteiger partial charge < -0.3 is 25.8 Å². The van der Waals surface area contributed by atoms with Crippen molar-refractivity contribution in [2.45, 2.75) is 26.2 Å². The van der Waals surface area contributed by atoms with Crippen LogP contribution >= 0.6 is 0 Å². The summed E-state index contributed by atoms with van der Waals surface area (Å²) in [5, 5.41) is 27.5. The summed E-state index contributed by atoms with van der Waals surface area (Å²) in [7, 11) is 0. The molecule has 1 heterocycles. The van der Waals surface area contributed by atoms with E-state index in [1.165, 1.54) is 6.20 Å². The SMILES string of the molecule is Cc1ncc(COC(=O)[C@@H](N)CO)c(CO)c1O. The monoisotopic (exact) mass is 256 g/mol. The smallest absolute Gasteiger partial charge is 0.325 e. The molecular formula is C11H16N2O5. The molecule has 1 aromatic rings. The Bertz CT molecular complexity index is 436. The molecular weight excluding hydrogens is 240 g/mol. The predicted octanol–water partition coefficient (Wildman–Crippen LogP) is -1.05. The summed E-state index contributed by atoms with van der Waals surface area (Å²) >= 11 is 0. The number of carbonyl (C=O) groups excluding carboxylic acids is 1. The molecule has 1 rings (SSSR count). The first-order valence-corrected chi connectivity index (χ1v) is 5.31. The fourth-order valence-corrected chi connectivity index (χ4v) is 1.32. The van der Waals surface area contributed by atoms with Crippen LogP contribution in [0.4, 0.5) is 0 Å². The van der Waals surface area contributed by atoms with Gasteiger partial charge in [-0.1, -0.05) is 0 Å². The van der Waals surface area contributed by atoms with Crippen molar-refractivity contribution in [3.63, 3.8) is 0 Å². The molecule has 0 bridgehead atoms. The van der Waals surface area contributed by atoms with Crippen LogP contribution in [-0.2, 0) is 22.7 Å². The average Bonchev–Trinajstić information content (AvgIpc) is 2.38. The third-order valence-electron chi connectivity index (χ3n) is 2.46. The maximum Gasteiger partial charge on any atom is 0.325 e. The van der Waals surface area contributed by atoms with Crippen LogP contribution in [-0.4, -0.2) is 38.9 Å². The van der Waals surface area contributed by atoms with E-state index in [2.05, 4.69) is 4.98 Å². The van der Waals surface area contributed by atoms with Gasteiger partial charge in [0.2, 0.25) is 0 Å². The Labute approximate surface area is 104 Å². The molecule has 0 amide bonds. The largest absolute Gasteiger partial charge is 0.506 e. The zero-order valence-corrected chi connectivity index (χ0v) is 9.96. The Balaban J connectivity index is 2.80. The van der Waals surface area contributed by atoms with Crippen LogP contribution in [0.3, 0.4) is 0 Å². The van der Waals surface area contributed by atoms with Crippen molar-refractivity contribution in [1.29, 1.82) is 0 Å². The number of aromatic nitrogens is 1. The number of ether oxygens (including phenoxy) is 1. The summed E-state index contributed by atoms with van der Waals surface area (Å²) in [5.41, 5.74) is 6.29. The fraction of sp³-hybridized carbons (Fsp3) is 0.455. The lowest BCUT2D eigenvalue weighted by molar-refractivity contribution is -0.147. The van der Waals surface area contributed by atoms with Crippen LogP contribution < -0.4 is 5.73 Å². The maximum absolute atomic E-state index is 11.2. The molecule has 1 atom stereocenters. The second kappa shape index (κ2) is 6.29. The second-order valence-electron chi connectivity index (χ2n) is 3.75. The van der Waals surface area contributed by atoms with Crippen molar-refractivity contribution >= 4 is 5.97 Å². The Morgan fingerprint density at radius 2 is 2.22 bits per heavy atom. The van der Waals surface area contributed by atoms with Gasteiger partial charge in [0.1, 0.15) is 18.4 Å². The minimum Gasteiger partial charge on any atom is -0.506 e. The van der Waals surface area contributed by atoms with E-state index < -0.39 is 25.2 Å². The standard InChI is InChI=1S/C11H16N2O5/c1-6-10(16)8(3-14)7(2-13-6)5-18-11(17)9(12)4-15/h2,9,14-16H,3-5,12H2,1H3/t9-/m0/s1. The van der Waals surface area contributed by atoms with Crippen LogP contribution in [0, 0.1) is 6.92 Å². The summed E-state index contributed by atoms with van der Waals surface area (Å²) in [6.45, 7) is 0.506. The van der Waals surface area contributed by atoms with Gasteiger partial charge in [-0.25, -0.2) is 0 Å². The van der Waals surface area contributed by atoms with Crippen molar-refractivity contribution in [3.8, 4) is 5.75 Å². The number of aliphatic hydroxyl groups is 2. The number of carbonyl (C=O) groups is 1. The number of nitrogens with zero attached hydrogens (tertiary/aromatic N) is 1. The van der Waals surface area contributed by atoms with Crippen molar-refractivity contribution in [1.82, 2.24) is 4.98 Å². The summed E-state index contributed by atoms with van der Waals surface area (Å²) in [5.74, 6) is -0.890. The number of aromatic hydroxyl groups is 1. The number of esters is 1. The summed E-state index contributed by atoms with van der Waals surface area (Å²) in [6, 6.07) is -1.10. The molecule has 5 N–H and O–H groups in total. The van der Waals surface area contributed by atoms with E-state index >= 15 is 0 Å². The highest BCUT2D eigenvalue weighted by molar-refractivity contribution is 5.75. The molecule has 0 aliphatic rings. The van der Waals surface area contributed by atoms with E-state index in [4.69, 9.17) is 20.7 Å². The number of hydrogen-bond donors (Lipinski definition) is 4. The molecule has 0 aliphatic carbocycles. The lowest BCUT2D eigenvalue weighted by Gasteiger charge is -2.12. The molecule has 0 unspecified atom stereocenters. The van der Waals surface area contributed by atoms with Crippen LogP contribution in [0.5, 0.6) is 5.75 Å². The van der Waals surface area contributed by atoms with Crippen molar-refractivity contribution in [2.75, 3.05) is 6.61 Å². The van der Waals surface area contributed by atoms with Gasteiger partial charge >= 0.3 is 5.97 Å². The summed E-state index contributed by atoms with van der Waals surface area (Å²) in [6.07, 6.45) is 1.40. The molecule has 0 spiro atoms. The lowest BCUT2D eigenvalue weighted by Crippen LogP contribution is -2.35. The van der Waals surface area contributed by atoms with Gasteiger partial charge in [-0.15, -0.1) is 0 Å². The number of hydrogen-bond acceptors (Lipinski definition) is 7. The molecule has 0 fully saturated rings. The van der Waals surface area contributed by atoms with Gasteiger partial charge in [-0.3, -0.25) is 9.78 Å². The van der Waals surface area contributed by atoms with Crippen LogP contribution in [0.1, 0.15) is 16.8 Å². The molecule has 1 aromatic heterocycles. The second-order valence-corrected chi connectivity index (χ2v) is 3.75. The topological polar surface area (TPSA) is 126 Å². The van der Waals surface area contributed by atoms with E-state index in [0.717, 1.165) is 0 Å². The highest BCUT2D eigenvalue weighted by Crippen LogP contribution is 2.24. The van der Waals surface area contributed by atoms with Crippen molar-refractivity contribution < 1.29 is 24.9 Å². The zero-order chi connectivity index (χ0) is 13.7. The van der Waals surface area contributed by atoms with Crippen LogP contribution in [0.25, 0.3) is 0 Å². The van der Waals surface area contributed by atoms with E-state index in [9.17, 15) is 9.90 Å². The first-order valence-electron chi connectivity index (χ1n) is 5.31. The molecule has 0 radical (unpaired) electrons. The Hall–Kier alpha value is -1.70. The number of aliphatic hydroxyl groups excluding tert-OH is 2. The molecule has 7 heteroatoms. The van der Waals surface area contributed by atoms with Gasteiger partial charge in [0, 0.05) is 17.3 Å². The highest BCUT2D eigenvalue weighted by Gasteiger charge is 2.16. The van der Waals surface area contributed by atoms with Gasteiger partial charge in [-0.05, 0) is 6.92 Å². The summed E-state index contributed by atoms with van der Waals surface area (Å²) in [4.78, 5) is 15.1. The van der Waals surface area contributed by atoms with E-state index in [-0.39, 0.29) is 17.9 Å². The third-order valence-corrected chi connectivity index (χ3v) is 2.46. The first kappa shape index (κ1) is 14.4. The van der Waals surface area contributed by atoms with Crippen molar-refractivity contribution in [2.24, 2.45) is 5.73 Å². The zero-order valence-electron chi connectivity index (χ0n) is 9.96. The predicted molar refractivity (Wildman–Crippen MR) is 61.4 cm³/mol. The van der Waals surface area contributed by atoms with Gasteiger partial charge in [0.25, 0.3) is 0 Å². The normalized spacial score (nSPS) is 12.2. The van der Waals surface area contributed by atoms with E-state index in [1.807, 2.05) is 0 Å². The van der Waals surface area contributed by atoms with E-state index in [1.54, 1.807) is 6.92 Å². The van der Waals surface area contributed by atoms with Crippen molar-refractivity contribution in [3.05, 3.63) is 23.0 Å². The Morgan fingerprint density at radius 1 is 1.56 bits per heavy atom. The lowest BCUT2D eigenvalue weighted by atomic mass is 10.1. The Morgan fingerprint density at radius 3 is 2.78 bits per heavy atom. The van der Waals surface area contributed by atoms with Gasteiger partial charge in [-0.2, -0.15) is 0 Å². The third kappa shape index (κ3) is 3.16. The minimum absolute atomic E-state index is 0.127. The first-order chi connectivity index (χ1) is 8.51.